The van der Waals surface area contributed by atoms with Gasteiger partial charge in [0.2, 0.25) is 0 Å². The van der Waals surface area contributed by atoms with Crippen molar-refractivity contribution in [3.05, 3.63) is 94.5 Å². The fourth-order valence-corrected chi connectivity index (χ4v) is 4.37. The second kappa shape index (κ2) is 10.8. The van der Waals surface area contributed by atoms with E-state index in [0.717, 1.165) is 44.1 Å². The molecule has 0 bridgehead atoms. The van der Waals surface area contributed by atoms with Crippen LogP contribution in [0.5, 0.6) is 5.75 Å². The van der Waals surface area contributed by atoms with E-state index in [-0.39, 0.29) is 5.91 Å². The zero-order valence-corrected chi connectivity index (χ0v) is 19.1. The molecule has 1 aliphatic heterocycles. The zero-order chi connectivity index (χ0) is 21.5. The maximum atomic E-state index is 12.3. The van der Waals surface area contributed by atoms with Crippen LogP contribution in [0.3, 0.4) is 0 Å². The van der Waals surface area contributed by atoms with Gasteiger partial charge in [0.15, 0.2) is 0 Å². The summed E-state index contributed by atoms with van der Waals surface area (Å²) in [5.74, 6) is 3.47. The molecule has 3 aromatic rings. The quantitative estimate of drug-likeness (QED) is 0.254. The Morgan fingerprint density at radius 1 is 1.13 bits per heavy atom. The fourth-order valence-electron chi connectivity index (χ4n) is 2.82. The van der Waals surface area contributed by atoms with Gasteiger partial charge >= 0.3 is 0 Å². The number of nitrogens with zero attached hydrogens (tertiary/aromatic N) is 1. The van der Waals surface area contributed by atoms with Gasteiger partial charge in [-0.05, 0) is 59.7 Å². The Balaban J connectivity index is 1.27. The van der Waals surface area contributed by atoms with Gasteiger partial charge in [0.1, 0.15) is 11.9 Å². The number of carbonyl (C=O) groups excluding carboxylic acids is 1. The summed E-state index contributed by atoms with van der Waals surface area (Å²) in [5, 5.41) is 4.81. The highest BCUT2D eigenvalue weighted by Crippen LogP contribution is 2.25. The number of amides is 1. The molecule has 158 valence electrons. The number of nitrogens with one attached hydrogen (secondary N) is 1. The van der Waals surface area contributed by atoms with Crippen LogP contribution in [0.2, 0.25) is 5.02 Å². The van der Waals surface area contributed by atoms with Gasteiger partial charge in [-0.15, -0.1) is 11.8 Å². The number of hydrogen-bond donors (Lipinski definition) is 1. The van der Waals surface area contributed by atoms with Gasteiger partial charge in [-0.3, -0.25) is 4.79 Å². The summed E-state index contributed by atoms with van der Waals surface area (Å²) in [6.45, 7) is 0. The molecule has 1 heterocycles. The number of thioether (sulfide) groups is 2. The van der Waals surface area contributed by atoms with E-state index in [0.29, 0.717) is 11.7 Å². The lowest BCUT2D eigenvalue weighted by Crippen LogP contribution is -2.31. The van der Waals surface area contributed by atoms with Crippen LogP contribution in [0.25, 0.3) is 0 Å². The van der Waals surface area contributed by atoms with E-state index in [1.54, 1.807) is 18.0 Å². The lowest BCUT2D eigenvalue weighted by atomic mass is 10.1. The molecule has 1 amide bonds. The highest BCUT2D eigenvalue weighted by atomic mass is 35.5. The van der Waals surface area contributed by atoms with Crippen LogP contribution < -0.4 is 10.2 Å². The minimum absolute atomic E-state index is 0.243. The lowest BCUT2D eigenvalue weighted by Gasteiger charge is -2.25. The van der Waals surface area contributed by atoms with Gasteiger partial charge in [-0.2, -0.15) is 16.9 Å². The third-order valence-electron chi connectivity index (χ3n) is 4.58. The highest BCUT2D eigenvalue weighted by Gasteiger charge is 2.19. The van der Waals surface area contributed by atoms with Gasteiger partial charge in [0, 0.05) is 32.7 Å². The molecule has 1 aliphatic rings. The van der Waals surface area contributed by atoms with Crippen molar-refractivity contribution in [2.24, 2.45) is 5.10 Å². The molecule has 4 rings (SSSR count). The summed E-state index contributed by atoms with van der Waals surface area (Å²) in [6, 6.07) is 23.0. The van der Waals surface area contributed by atoms with E-state index >= 15 is 0 Å². The van der Waals surface area contributed by atoms with Crippen LogP contribution in [0.1, 0.15) is 21.5 Å². The largest absolute Gasteiger partial charge is 0.489 e. The molecule has 0 saturated carbocycles. The van der Waals surface area contributed by atoms with E-state index in [9.17, 15) is 4.79 Å². The maximum Gasteiger partial charge on any atom is 0.271 e. The third-order valence-corrected chi connectivity index (χ3v) is 7.13. The smallest absolute Gasteiger partial charge is 0.271 e. The molecule has 0 radical (unpaired) electrons. The van der Waals surface area contributed by atoms with Crippen LogP contribution in [-0.2, 0) is 5.75 Å². The second-order valence-electron chi connectivity index (χ2n) is 6.99. The van der Waals surface area contributed by atoms with Crippen molar-refractivity contribution in [2.75, 3.05) is 11.5 Å². The molecule has 0 unspecified atom stereocenters. The normalized spacial score (nSPS) is 13.7. The van der Waals surface area contributed by atoms with Gasteiger partial charge in [0.05, 0.1) is 6.21 Å². The van der Waals surface area contributed by atoms with Gasteiger partial charge < -0.3 is 4.74 Å². The Morgan fingerprint density at radius 2 is 1.90 bits per heavy atom. The maximum absolute atomic E-state index is 12.3. The summed E-state index contributed by atoms with van der Waals surface area (Å²) in [4.78, 5) is 13.5. The Kier molecular flexibility index (Phi) is 7.57. The Hall–Kier alpha value is -2.41. The first kappa shape index (κ1) is 21.8. The second-order valence-corrected chi connectivity index (χ2v) is 9.55. The van der Waals surface area contributed by atoms with E-state index < -0.39 is 0 Å². The predicted octanol–water partition coefficient (Wildman–Crippen LogP) is 5.89. The van der Waals surface area contributed by atoms with E-state index in [2.05, 4.69) is 10.5 Å². The first-order chi connectivity index (χ1) is 15.2. The van der Waals surface area contributed by atoms with Crippen LogP contribution in [0, 0.1) is 0 Å². The number of hydrazone groups is 1. The lowest BCUT2D eigenvalue weighted by molar-refractivity contribution is 0.0955. The van der Waals surface area contributed by atoms with Crippen LogP contribution in [0.4, 0.5) is 0 Å². The molecule has 7 heteroatoms. The van der Waals surface area contributed by atoms with Crippen molar-refractivity contribution in [1.29, 1.82) is 0 Å². The molecule has 0 aliphatic carbocycles. The van der Waals surface area contributed by atoms with Crippen molar-refractivity contribution < 1.29 is 9.53 Å². The molecule has 3 aromatic carbocycles. The molecular formula is C24H21ClN2O2S2. The van der Waals surface area contributed by atoms with Crippen molar-refractivity contribution >= 4 is 47.2 Å². The Bertz CT molecular complexity index is 1050. The summed E-state index contributed by atoms with van der Waals surface area (Å²) >= 11 is 9.52. The van der Waals surface area contributed by atoms with Crippen LogP contribution in [0.15, 0.2) is 82.8 Å². The summed E-state index contributed by atoms with van der Waals surface area (Å²) in [5.41, 5.74) is 5.16. The van der Waals surface area contributed by atoms with Gasteiger partial charge in [-0.25, -0.2) is 5.43 Å². The molecule has 1 fully saturated rings. The molecule has 31 heavy (non-hydrogen) atoms. The predicted molar refractivity (Wildman–Crippen MR) is 131 cm³/mol. The Morgan fingerprint density at radius 3 is 2.61 bits per heavy atom. The summed E-state index contributed by atoms with van der Waals surface area (Å²) in [6.07, 6.45) is 1.92. The average Bonchev–Trinajstić information content (AvgIpc) is 2.76. The van der Waals surface area contributed by atoms with Gasteiger partial charge in [0.25, 0.3) is 5.91 Å². The number of ether oxygens (including phenoxy) is 1. The number of hydrogen-bond acceptors (Lipinski definition) is 5. The van der Waals surface area contributed by atoms with Gasteiger partial charge in [-0.1, -0.05) is 35.9 Å². The molecular weight excluding hydrogens is 448 g/mol. The molecule has 4 nitrogen and oxygen atoms in total. The Labute approximate surface area is 195 Å². The number of rotatable bonds is 8. The zero-order valence-electron chi connectivity index (χ0n) is 16.7. The van der Waals surface area contributed by atoms with E-state index in [4.69, 9.17) is 16.3 Å². The minimum Gasteiger partial charge on any atom is -0.489 e. The summed E-state index contributed by atoms with van der Waals surface area (Å²) in [7, 11) is 0. The number of halogens is 1. The van der Waals surface area contributed by atoms with Crippen molar-refractivity contribution in [1.82, 2.24) is 5.43 Å². The first-order valence-corrected chi connectivity index (χ1v) is 12.3. The average molecular weight is 469 g/mol. The SMILES string of the molecule is O=C(N/N=C/c1cccc(OC2CSC2)c1)c1ccc(CSc2ccc(Cl)cc2)cc1. The third kappa shape index (κ3) is 6.53. The van der Waals surface area contributed by atoms with Crippen molar-refractivity contribution in [2.45, 2.75) is 16.8 Å². The topological polar surface area (TPSA) is 50.7 Å². The molecule has 1 saturated heterocycles. The monoisotopic (exact) mass is 468 g/mol. The molecule has 1 N–H and O–H groups in total. The van der Waals surface area contributed by atoms with Crippen molar-refractivity contribution in [3.63, 3.8) is 0 Å². The molecule has 0 aromatic heterocycles. The minimum atomic E-state index is -0.243. The first-order valence-electron chi connectivity index (χ1n) is 9.81. The van der Waals surface area contributed by atoms with E-state index in [1.807, 2.05) is 84.6 Å². The van der Waals surface area contributed by atoms with Crippen molar-refractivity contribution in [3.8, 4) is 5.75 Å². The molecule has 0 atom stereocenters. The van der Waals surface area contributed by atoms with E-state index in [1.165, 1.54) is 0 Å². The number of benzene rings is 3. The fraction of sp³-hybridized carbons (Fsp3) is 0.167. The highest BCUT2D eigenvalue weighted by molar-refractivity contribution is 8.00. The van der Waals surface area contributed by atoms with Crippen LogP contribution in [-0.4, -0.2) is 29.7 Å². The standard InChI is InChI=1S/C24H21ClN2O2S2/c25-20-8-10-23(11-9-20)31-14-17-4-6-19(7-5-17)24(28)27-26-13-18-2-1-3-21(12-18)29-22-15-30-16-22/h1-13,22H,14-16H2,(H,27,28)/b26-13+. The van der Waals surface area contributed by atoms with Crippen LogP contribution >= 0.6 is 35.1 Å². The molecule has 0 spiro atoms. The summed E-state index contributed by atoms with van der Waals surface area (Å²) < 4.78 is 5.87. The number of carbonyl (C=O) groups is 1.